The number of nitrogens with zero attached hydrogens (tertiary/aromatic N) is 5. The summed E-state index contributed by atoms with van der Waals surface area (Å²) in [6, 6.07) is 16.9. The number of halogens is 2. The van der Waals surface area contributed by atoms with Crippen LogP contribution >= 0.6 is 12.2 Å². The average molecular weight is 507 g/mol. The summed E-state index contributed by atoms with van der Waals surface area (Å²) in [7, 11) is 1.97. The summed E-state index contributed by atoms with van der Waals surface area (Å²) in [6.45, 7) is 1.33. The molecule has 36 heavy (non-hydrogen) atoms. The Morgan fingerprint density at radius 2 is 1.78 bits per heavy atom. The number of nitrogens with one attached hydrogen (secondary N) is 1. The molecule has 9 heteroatoms. The maximum absolute atomic E-state index is 13.8. The van der Waals surface area contributed by atoms with Gasteiger partial charge in [-0.1, -0.05) is 67.5 Å². The predicted octanol–water partition coefficient (Wildman–Crippen LogP) is 5.89. The molecule has 1 N–H and O–H groups in total. The molecule has 6 nitrogen and oxygen atoms in total. The van der Waals surface area contributed by atoms with Gasteiger partial charge in [-0.3, -0.25) is 4.90 Å². The van der Waals surface area contributed by atoms with Crippen LogP contribution in [-0.4, -0.2) is 44.8 Å². The number of thiocarbonyl (C=S) groups is 1. The minimum Gasteiger partial charge on any atom is -0.340 e. The van der Waals surface area contributed by atoms with Crippen molar-refractivity contribution in [3.63, 3.8) is 0 Å². The van der Waals surface area contributed by atoms with E-state index in [4.69, 9.17) is 22.3 Å². The molecule has 1 saturated carbocycles. The lowest BCUT2D eigenvalue weighted by molar-refractivity contribution is 0.0174. The molecule has 2 unspecified atom stereocenters. The fourth-order valence-corrected chi connectivity index (χ4v) is 5.72. The molecule has 1 fully saturated rings. The van der Waals surface area contributed by atoms with Crippen molar-refractivity contribution >= 4 is 40.5 Å². The van der Waals surface area contributed by atoms with E-state index in [1.54, 1.807) is 12.1 Å². The molecular formula is C27H28F2N6S. The van der Waals surface area contributed by atoms with Crippen molar-refractivity contribution in [3.05, 3.63) is 71.3 Å². The van der Waals surface area contributed by atoms with Crippen LogP contribution in [0.4, 0.5) is 26.1 Å². The van der Waals surface area contributed by atoms with Crippen molar-refractivity contribution in [2.45, 2.75) is 57.2 Å². The van der Waals surface area contributed by atoms with Gasteiger partial charge in [-0.15, -0.1) is 0 Å². The first kappa shape index (κ1) is 23.1. The topological polar surface area (TPSA) is 48.7 Å². The third-order valence-electron chi connectivity index (χ3n) is 7.33. The van der Waals surface area contributed by atoms with Gasteiger partial charge in [-0.05, 0) is 30.5 Å². The third-order valence-corrected chi connectivity index (χ3v) is 7.81. The van der Waals surface area contributed by atoms with E-state index >= 15 is 0 Å². The Kier molecular flexibility index (Phi) is 5.55. The van der Waals surface area contributed by atoms with E-state index in [2.05, 4.69) is 10.2 Å². The lowest BCUT2D eigenvalue weighted by Gasteiger charge is -2.37. The molecule has 2 atom stereocenters. The average Bonchev–Trinajstić information content (AvgIpc) is 3.42. The van der Waals surface area contributed by atoms with E-state index in [0.717, 1.165) is 54.2 Å². The molecule has 1 aliphatic carbocycles. The van der Waals surface area contributed by atoms with E-state index in [9.17, 15) is 8.78 Å². The molecule has 0 spiro atoms. The second-order valence-electron chi connectivity index (χ2n) is 9.86. The van der Waals surface area contributed by atoms with E-state index < -0.39 is 5.92 Å². The molecule has 2 aliphatic heterocycles. The molecular weight excluding hydrogens is 478 g/mol. The van der Waals surface area contributed by atoms with Gasteiger partial charge in [0.2, 0.25) is 5.96 Å². The number of hydrogen-bond acceptors (Lipinski definition) is 5. The maximum atomic E-state index is 13.8. The van der Waals surface area contributed by atoms with Crippen molar-refractivity contribution in [1.82, 2.24) is 14.7 Å². The summed E-state index contributed by atoms with van der Waals surface area (Å²) in [5.74, 6) is -0.394. The summed E-state index contributed by atoms with van der Waals surface area (Å²) in [5.41, 5.74) is 2.67. The van der Waals surface area contributed by atoms with Crippen molar-refractivity contribution in [2.75, 3.05) is 17.3 Å². The smallest absolute Gasteiger partial charge is 0.270 e. The van der Waals surface area contributed by atoms with Gasteiger partial charge in [0.15, 0.2) is 5.82 Å². The van der Waals surface area contributed by atoms with Crippen molar-refractivity contribution in [1.29, 1.82) is 0 Å². The highest BCUT2D eigenvalue weighted by Gasteiger charge is 2.47. The molecule has 0 saturated heterocycles. The van der Waals surface area contributed by atoms with Crippen LogP contribution in [0.15, 0.2) is 59.6 Å². The van der Waals surface area contributed by atoms with E-state index in [0.29, 0.717) is 11.5 Å². The number of para-hydroxylation sites is 1. The van der Waals surface area contributed by atoms with Gasteiger partial charge in [0.05, 0.1) is 24.2 Å². The molecule has 0 bridgehead atoms. The van der Waals surface area contributed by atoms with E-state index in [1.807, 2.05) is 47.0 Å². The van der Waals surface area contributed by atoms with Crippen LogP contribution in [-0.2, 0) is 12.5 Å². The molecule has 0 amide bonds. The first-order valence-electron chi connectivity index (χ1n) is 12.4. The first-order chi connectivity index (χ1) is 17.3. The lowest BCUT2D eigenvalue weighted by atomic mass is 9.90. The van der Waals surface area contributed by atoms with Crippen LogP contribution in [0.5, 0.6) is 0 Å². The Morgan fingerprint density at radius 3 is 2.50 bits per heavy atom. The Labute approximate surface area is 214 Å². The Morgan fingerprint density at radius 1 is 1.06 bits per heavy atom. The fourth-order valence-electron chi connectivity index (χ4n) is 5.45. The number of anilines is 3. The summed E-state index contributed by atoms with van der Waals surface area (Å²) in [6.07, 6.45) is 4.51. The minimum absolute atomic E-state index is 0.00212. The van der Waals surface area contributed by atoms with Gasteiger partial charge in [-0.2, -0.15) is 5.10 Å². The number of guanidine groups is 1. The van der Waals surface area contributed by atoms with Crippen LogP contribution < -0.4 is 10.2 Å². The zero-order chi connectivity index (χ0) is 25.0. The van der Waals surface area contributed by atoms with Crippen LogP contribution in [0.1, 0.15) is 49.3 Å². The molecule has 0 radical (unpaired) electrons. The highest BCUT2D eigenvalue weighted by Crippen LogP contribution is 2.42. The van der Waals surface area contributed by atoms with Crippen molar-refractivity contribution in [3.8, 4) is 0 Å². The number of fused-ring (bicyclic) bond motifs is 5. The van der Waals surface area contributed by atoms with Crippen molar-refractivity contribution in [2.24, 2.45) is 4.99 Å². The Balaban J connectivity index is 1.45. The number of benzene rings is 2. The van der Waals surface area contributed by atoms with Gasteiger partial charge in [0.25, 0.3) is 5.92 Å². The van der Waals surface area contributed by atoms with Gasteiger partial charge < -0.3 is 10.2 Å². The Hall–Kier alpha value is -3.33. The van der Waals surface area contributed by atoms with E-state index in [1.165, 1.54) is 25.0 Å². The largest absolute Gasteiger partial charge is 0.340 e. The van der Waals surface area contributed by atoms with Crippen LogP contribution in [0, 0.1) is 0 Å². The quantitative estimate of drug-likeness (QED) is 0.437. The van der Waals surface area contributed by atoms with Crippen LogP contribution in [0.25, 0.3) is 0 Å². The highest BCUT2D eigenvalue weighted by atomic mass is 32.1. The number of rotatable bonds is 5. The SMILES string of the molecule is CN1C(=S)c2c(nn(Cc3ccc(C(C)(F)F)cc3)c2Nc2ccccc2)N2C1=NC1CCCCC12. The van der Waals surface area contributed by atoms with Gasteiger partial charge in [0.1, 0.15) is 10.8 Å². The summed E-state index contributed by atoms with van der Waals surface area (Å²) < 4.78 is 29.4. The summed E-state index contributed by atoms with van der Waals surface area (Å²) in [5, 5.41) is 8.61. The fraction of sp³-hybridized carbons (Fsp3) is 0.370. The second kappa shape index (κ2) is 8.65. The van der Waals surface area contributed by atoms with E-state index in [-0.39, 0.29) is 17.6 Å². The molecule has 186 valence electrons. The molecule has 6 rings (SSSR count). The standard InChI is InChI=1S/C27H28F2N6S/c1-27(28,29)18-14-12-17(13-15-18)16-34-23(30-19-8-4-3-5-9-19)22-24(32-34)35-21-11-7-6-10-20(21)31-26(35)33(2)25(22)36/h3-5,8-9,12-15,20-21,30H,6-7,10-11,16H2,1-2H3. The number of aliphatic imine (C=N–C) groups is 1. The molecule has 3 aromatic rings. The second-order valence-corrected chi connectivity index (χ2v) is 10.3. The lowest BCUT2D eigenvalue weighted by Crippen LogP contribution is -2.52. The molecule has 2 aromatic carbocycles. The van der Waals surface area contributed by atoms with Crippen molar-refractivity contribution < 1.29 is 8.78 Å². The third kappa shape index (κ3) is 3.86. The number of alkyl halides is 2. The summed E-state index contributed by atoms with van der Waals surface area (Å²) >= 11 is 5.95. The normalized spacial score (nSPS) is 21.1. The number of hydrogen-bond donors (Lipinski definition) is 1. The first-order valence-corrected chi connectivity index (χ1v) is 12.8. The minimum atomic E-state index is -2.87. The van der Waals surface area contributed by atoms with Gasteiger partial charge in [0, 0.05) is 25.2 Å². The zero-order valence-electron chi connectivity index (χ0n) is 20.3. The predicted molar refractivity (Wildman–Crippen MR) is 142 cm³/mol. The molecule has 3 aliphatic rings. The number of aromatic nitrogens is 2. The molecule has 3 heterocycles. The van der Waals surface area contributed by atoms with Crippen LogP contribution in [0.2, 0.25) is 0 Å². The monoisotopic (exact) mass is 506 g/mol. The highest BCUT2D eigenvalue weighted by molar-refractivity contribution is 7.80. The Bertz CT molecular complexity index is 1330. The van der Waals surface area contributed by atoms with Gasteiger partial charge >= 0.3 is 0 Å². The van der Waals surface area contributed by atoms with Gasteiger partial charge in [-0.25, -0.2) is 18.5 Å². The molecule has 1 aromatic heterocycles. The zero-order valence-corrected chi connectivity index (χ0v) is 21.1. The van der Waals surface area contributed by atoms with Crippen LogP contribution in [0.3, 0.4) is 0 Å². The maximum Gasteiger partial charge on any atom is 0.270 e. The summed E-state index contributed by atoms with van der Waals surface area (Å²) in [4.78, 5) is 9.98.